The zero-order chi connectivity index (χ0) is 21.6. The van der Waals surface area contributed by atoms with E-state index in [2.05, 4.69) is 19.9 Å². The van der Waals surface area contributed by atoms with Gasteiger partial charge in [-0.25, -0.2) is 15.0 Å². The van der Waals surface area contributed by atoms with Gasteiger partial charge in [0.15, 0.2) is 0 Å². The Bertz CT molecular complexity index is 1030. The molecule has 31 heavy (non-hydrogen) atoms. The molecule has 1 aromatic carbocycles. The highest BCUT2D eigenvalue weighted by Crippen LogP contribution is 2.24. The van der Waals surface area contributed by atoms with E-state index in [1.54, 1.807) is 24.7 Å². The van der Waals surface area contributed by atoms with Crippen LogP contribution in [0.15, 0.2) is 55.0 Å². The van der Waals surface area contributed by atoms with E-state index >= 15 is 0 Å². The molecule has 3 aromatic rings. The number of piperazine rings is 1. The van der Waals surface area contributed by atoms with E-state index in [-0.39, 0.29) is 5.91 Å². The van der Waals surface area contributed by atoms with E-state index in [1.165, 1.54) is 7.11 Å². The van der Waals surface area contributed by atoms with Gasteiger partial charge >= 0.3 is 0 Å². The van der Waals surface area contributed by atoms with Crippen molar-refractivity contribution in [2.45, 2.75) is 6.92 Å². The van der Waals surface area contributed by atoms with Gasteiger partial charge in [0.05, 0.1) is 19.4 Å². The van der Waals surface area contributed by atoms with Crippen LogP contribution in [0.2, 0.25) is 0 Å². The van der Waals surface area contributed by atoms with Gasteiger partial charge in [0.1, 0.15) is 23.5 Å². The second kappa shape index (κ2) is 9.42. The Morgan fingerprint density at radius 1 is 1.03 bits per heavy atom. The van der Waals surface area contributed by atoms with Crippen LogP contribution < -0.4 is 14.4 Å². The van der Waals surface area contributed by atoms with Crippen molar-refractivity contribution < 1.29 is 14.3 Å². The van der Waals surface area contributed by atoms with Gasteiger partial charge in [-0.05, 0) is 43.3 Å². The molecule has 4 rings (SSSR count). The summed E-state index contributed by atoms with van der Waals surface area (Å²) in [5.74, 6) is 1.98. The second-order valence-electron chi connectivity index (χ2n) is 7.06. The molecule has 0 atom stereocenters. The minimum Gasteiger partial charge on any atom is -0.494 e. The van der Waals surface area contributed by atoms with Gasteiger partial charge < -0.3 is 19.3 Å². The average Bonchev–Trinajstić information content (AvgIpc) is 2.84. The summed E-state index contributed by atoms with van der Waals surface area (Å²) in [5.41, 5.74) is 2.34. The molecular weight excluding hydrogens is 394 g/mol. The lowest BCUT2D eigenvalue weighted by Gasteiger charge is -2.35. The van der Waals surface area contributed by atoms with E-state index in [0.29, 0.717) is 44.2 Å². The van der Waals surface area contributed by atoms with Gasteiger partial charge in [0.2, 0.25) is 5.88 Å². The first kappa shape index (κ1) is 20.6. The quantitative estimate of drug-likeness (QED) is 0.608. The van der Waals surface area contributed by atoms with E-state index in [1.807, 2.05) is 42.2 Å². The third-order valence-corrected chi connectivity index (χ3v) is 5.20. The van der Waals surface area contributed by atoms with Crippen LogP contribution in [0.25, 0.3) is 11.3 Å². The van der Waals surface area contributed by atoms with Crippen LogP contribution in [-0.4, -0.2) is 65.7 Å². The first-order valence-corrected chi connectivity index (χ1v) is 10.3. The zero-order valence-corrected chi connectivity index (χ0v) is 17.7. The van der Waals surface area contributed by atoms with Crippen molar-refractivity contribution in [3.05, 3.63) is 60.6 Å². The molecular formula is C23H25N5O3. The number of benzene rings is 1. The second-order valence-corrected chi connectivity index (χ2v) is 7.06. The molecule has 0 spiro atoms. The molecule has 1 saturated heterocycles. The number of carbonyl (C=O) groups excluding carboxylic acids is 1. The summed E-state index contributed by atoms with van der Waals surface area (Å²) in [6.07, 6.45) is 3.20. The van der Waals surface area contributed by atoms with Gasteiger partial charge in [-0.3, -0.25) is 4.79 Å². The lowest BCUT2D eigenvalue weighted by molar-refractivity contribution is 0.0742. The number of carbonyl (C=O) groups is 1. The summed E-state index contributed by atoms with van der Waals surface area (Å²) in [7, 11) is 1.52. The molecule has 1 aliphatic rings. The van der Waals surface area contributed by atoms with Gasteiger partial charge in [-0.15, -0.1) is 0 Å². The van der Waals surface area contributed by atoms with Crippen molar-refractivity contribution in [1.82, 2.24) is 19.9 Å². The molecule has 3 heterocycles. The van der Waals surface area contributed by atoms with Crippen molar-refractivity contribution in [2.24, 2.45) is 0 Å². The van der Waals surface area contributed by atoms with Crippen LogP contribution >= 0.6 is 0 Å². The molecule has 1 amide bonds. The molecule has 0 aliphatic carbocycles. The number of anilines is 1. The number of amides is 1. The number of aromatic nitrogens is 3. The number of methoxy groups -OCH3 is 1. The topological polar surface area (TPSA) is 80.7 Å². The lowest BCUT2D eigenvalue weighted by atomic mass is 10.1. The van der Waals surface area contributed by atoms with Crippen molar-refractivity contribution >= 4 is 11.7 Å². The number of hydrogen-bond donors (Lipinski definition) is 0. The predicted octanol–water partition coefficient (Wildman–Crippen LogP) is 2.91. The summed E-state index contributed by atoms with van der Waals surface area (Å²) in [6.45, 7) is 5.17. The van der Waals surface area contributed by atoms with E-state index in [9.17, 15) is 4.79 Å². The zero-order valence-electron chi connectivity index (χ0n) is 17.7. The van der Waals surface area contributed by atoms with Crippen molar-refractivity contribution in [2.75, 3.05) is 44.8 Å². The average molecular weight is 419 g/mol. The maximum Gasteiger partial charge on any atom is 0.259 e. The molecule has 1 fully saturated rings. The molecule has 2 aromatic heterocycles. The van der Waals surface area contributed by atoms with Crippen LogP contribution in [0.4, 0.5) is 5.82 Å². The molecule has 1 aliphatic heterocycles. The molecule has 160 valence electrons. The maximum atomic E-state index is 12.9. The highest BCUT2D eigenvalue weighted by Gasteiger charge is 2.25. The van der Waals surface area contributed by atoms with Crippen LogP contribution in [0.5, 0.6) is 11.6 Å². The number of ether oxygens (including phenoxy) is 2. The first-order chi connectivity index (χ1) is 15.2. The fourth-order valence-corrected chi connectivity index (χ4v) is 3.59. The minimum absolute atomic E-state index is 0.0673. The van der Waals surface area contributed by atoms with Gasteiger partial charge in [-0.2, -0.15) is 0 Å². The highest BCUT2D eigenvalue weighted by atomic mass is 16.5. The number of pyridine rings is 1. The van der Waals surface area contributed by atoms with Crippen LogP contribution in [0.3, 0.4) is 0 Å². The monoisotopic (exact) mass is 419 g/mol. The van der Waals surface area contributed by atoms with Crippen LogP contribution in [0, 0.1) is 0 Å². The van der Waals surface area contributed by atoms with Crippen LogP contribution in [-0.2, 0) is 0 Å². The Labute approximate surface area is 181 Å². The molecule has 0 N–H and O–H groups in total. The summed E-state index contributed by atoms with van der Waals surface area (Å²) in [6, 6.07) is 13.3. The Kier molecular flexibility index (Phi) is 6.26. The third kappa shape index (κ3) is 4.58. The Hall–Kier alpha value is -3.68. The van der Waals surface area contributed by atoms with E-state index < -0.39 is 0 Å². The molecule has 0 saturated carbocycles. The molecule has 0 radical (unpaired) electrons. The minimum atomic E-state index is -0.0673. The van der Waals surface area contributed by atoms with Gasteiger partial charge in [0, 0.05) is 44.0 Å². The lowest BCUT2D eigenvalue weighted by Crippen LogP contribution is -2.49. The summed E-state index contributed by atoms with van der Waals surface area (Å²) < 4.78 is 10.7. The normalized spacial score (nSPS) is 13.7. The molecule has 0 unspecified atom stereocenters. The summed E-state index contributed by atoms with van der Waals surface area (Å²) in [5, 5.41) is 0. The SMILES string of the molecule is CCOc1ccc(-c2cc(N3CCN(C(=O)c4cccnc4OC)CC3)ncn2)cc1. The predicted molar refractivity (Wildman–Crippen MR) is 118 cm³/mol. The van der Waals surface area contributed by atoms with E-state index in [0.717, 1.165) is 22.8 Å². The number of hydrogen-bond acceptors (Lipinski definition) is 7. The third-order valence-electron chi connectivity index (χ3n) is 5.20. The summed E-state index contributed by atoms with van der Waals surface area (Å²) >= 11 is 0. The van der Waals surface area contributed by atoms with Crippen molar-refractivity contribution in [3.63, 3.8) is 0 Å². The van der Waals surface area contributed by atoms with Crippen molar-refractivity contribution in [1.29, 1.82) is 0 Å². The fraction of sp³-hybridized carbons (Fsp3) is 0.304. The first-order valence-electron chi connectivity index (χ1n) is 10.3. The molecule has 0 bridgehead atoms. The number of nitrogens with zero attached hydrogens (tertiary/aromatic N) is 5. The standard InChI is InChI=1S/C23H25N5O3/c1-3-31-18-8-6-17(7-9-18)20-15-21(26-16-25-20)27-11-13-28(14-12-27)23(29)19-5-4-10-24-22(19)30-2/h4-10,15-16H,3,11-14H2,1-2H3. The highest BCUT2D eigenvalue weighted by molar-refractivity contribution is 5.96. The number of rotatable bonds is 6. The summed E-state index contributed by atoms with van der Waals surface area (Å²) in [4.78, 5) is 29.9. The van der Waals surface area contributed by atoms with Crippen molar-refractivity contribution in [3.8, 4) is 22.9 Å². The fourth-order valence-electron chi connectivity index (χ4n) is 3.59. The van der Waals surface area contributed by atoms with Crippen LogP contribution in [0.1, 0.15) is 17.3 Å². The van der Waals surface area contributed by atoms with Gasteiger partial charge in [0.25, 0.3) is 5.91 Å². The maximum absolute atomic E-state index is 12.9. The molecule has 8 heteroatoms. The van der Waals surface area contributed by atoms with Gasteiger partial charge in [-0.1, -0.05) is 0 Å². The Balaban J connectivity index is 1.43. The molecule has 8 nitrogen and oxygen atoms in total. The largest absolute Gasteiger partial charge is 0.494 e. The van der Waals surface area contributed by atoms with E-state index in [4.69, 9.17) is 9.47 Å². The Morgan fingerprint density at radius 3 is 2.52 bits per heavy atom. The Morgan fingerprint density at radius 2 is 1.81 bits per heavy atom. The smallest absolute Gasteiger partial charge is 0.259 e.